The van der Waals surface area contributed by atoms with E-state index >= 15 is 0 Å². The molecule has 0 saturated heterocycles. The highest BCUT2D eigenvalue weighted by atomic mass is 14.6. The number of hydrogen-bond acceptors (Lipinski definition) is 0. The monoisotopic (exact) mass is 160 g/mol. The van der Waals surface area contributed by atoms with Gasteiger partial charge in [0.2, 0.25) is 0 Å². The van der Waals surface area contributed by atoms with Crippen LogP contribution in [0.5, 0.6) is 0 Å². The van der Waals surface area contributed by atoms with E-state index in [0.717, 1.165) is 29.6 Å². The lowest BCUT2D eigenvalue weighted by Crippen LogP contribution is -2.41. The molecule has 5 aliphatic rings. The molecule has 64 valence electrons. The number of rotatable bonds is 0. The Hall–Kier alpha value is -0.260. The van der Waals surface area contributed by atoms with Crippen LogP contribution < -0.4 is 0 Å². The molecule has 0 aromatic carbocycles. The van der Waals surface area contributed by atoms with E-state index in [1.165, 1.54) is 12.3 Å². The summed E-state index contributed by atoms with van der Waals surface area (Å²) in [6, 6.07) is 0. The molecular weight excluding hydrogens is 144 g/mol. The van der Waals surface area contributed by atoms with Gasteiger partial charge in [0.15, 0.2) is 0 Å². The second-order valence-electron chi connectivity index (χ2n) is 5.46. The van der Waals surface area contributed by atoms with Gasteiger partial charge < -0.3 is 0 Å². The second-order valence-corrected chi connectivity index (χ2v) is 5.46. The summed E-state index contributed by atoms with van der Waals surface area (Å²) in [4.78, 5) is 0. The molecule has 0 nitrogen and oxygen atoms in total. The largest absolute Gasteiger partial charge is 0.0880 e. The van der Waals surface area contributed by atoms with E-state index in [-0.39, 0.29) is 0 Å². The van der Waals surface area contributed by atoms with Gasteiger partial charge in [0, 0.05) is 0 Å². The van der Waals surface area contributed by atoms with Gasteiger partial charge in [-0.1, -0.05) is 12.2 Å². The summed E-state index contributed by atoms with van der Waals surface area (Å²) in [5.41, 5.74) is 0. The zero-order chi connectivity index (χ0) is 7.71. The molecule has 4 saturated carbocycles. The third-order valence-electron chi connectivity index (χ3n) is 5.24. The number of allylic oxidation sites excluding steroid dienone is 2. The maximum Gasteiger partial charge on any atom is -0.0197 e. The van der Waals surface area contributed by atoms with Crippen LogP contribution in [0.4, 0.5) is 0 Å². The van der Waals surface area contributed by atoms with E-state index in [0.29, 0.717) is 0 Å². The van der Waals surface area contributed by atoms with Gasteiger partial charge in [-0.2, -0.15) is 0 Å². The fourth-order valence-corrected chi connectivity index (χ4v) is 5.07. The highest BCUT2D eigenvalue weighted by molar-refractivity contribution is 5.16. The van der Waals surface area contributed by atoms with Gasteiger partial charge >= 0.3 is 0 Å². The van der Waals surface area contributed by atoms with E-state index < -0.39 is 0 Å². The molecule has 0 heterocycles. The van der Waals surface area contributed by atoms with Crippen molar-refractivity contribution in [2.45, 2.75) is 25.7 Å². The van der Waals surface area contributed by atoms with Crippen LogP contribution in [0.25, 0.3) is 0 Å². The molecular formula is C12H16. The summed E-state index contributed by atoms with van der Waals surface area (Å²) in [6.07, 6.45) is 11.2. The summed E-state index contributed by atoms with van der Waals surface area (Å²) in [6.45, 7) is 0. The molecule has 0 heteroatoms. The summed E-state index contributed by atoms with van der Waals surface area (Å²) in [5, 5.41) is 0. The first-order valence-electron chi connectivity index (χ1n) is 5.60. The smallest absolute Gasteiger partial charge is 0.0197 e. The van der Waals surface area contributed by atoms with Crippen LogP contribution >= 0.6 is 0 Å². The molecule has 6 bridgehead atoms. The zero-order valence-corrected chi connectivity index (χ0v) is 7.45. The van der Waals surface area contributed by atoms with Crippen LogP contribution in [0.15, 0.2) is 12.2 Å². The average molecular weight is 160 g/mol. The van der Waals surface area contributed by atoms with E-state index in [2.05, 4.69) is 12.2 Å². The molecule has 4 fully saturated rings. The summed E-state index contributed by atoms with van der Waals surface area (Å²) in [5.74, 6) is 6.78. The van der Waals surface area contributed by atoms with Gasteiger partial charge in [-0.05, 0) is 61.2 Å². The van der Waals surface area contributed by atoms with Crippen molar-refractivity contribution in [3.05, 3.63) is 12.2 Å². The van der Waals surface area contributed by atoms with Crippen LogP contribution in [0.3, 0.4) is 0 Å². The lowest BCUT2D eigenvalue weighted by atomic mass is 9.57. The first-order chi connectivity index (χ1) is 5.93. The van der Waals surface area contributed by atoms with Crippen molar-refractivity contribution in [3.63, 3.8) is 0 Å². The average Bonchev–Trinajstić information content (AvgIpc) is 2.59. The first-order valence-corrected chi connectivity index (χ1v) is 5.60. The minimum Gasteiger partial charge on any atom is -0.0880 e. The molecule has 0 amide bonds. The fourth-order valence-electron chi connectivity index (χ4n) is 5.07. The predicted molar refractivity (Wildman–Crippen MR) is 48.5 cm³/mol. The van der Waals surface area contributed by atoms with Crippen LogP contribution in [0.2, 0.25) is 0 Å². The molecule has 0 radical (unpaired) electrons. The van der Waals surface area contributed by atoms with E-state index in [4.69, 9.17) is 0 Å². The van der Waals surface area contributed by atoms with Crippen molar-refractivity contribution in [3.8, 4) is 0 Å². The van der Waals surface area contributed by atoms with Crippen LogP contribution in [-0.4, -0.2) is 0 Å². The van der Waals surface area contributed by atoms with Crippen molar-refractivity contribution in [2.75, 3.05) is 0 Å². The Bertz CT molecular complexity index is 253. The zero-order valence-electron chi connectivity index (χ0n) is 7.45. The van der Waals surface area contributed by atoms with Gasteiger partial charge in [0.25, 0.3) is 0 Å². The van der Waals surface area contributed by atoms with Gasteiger partial charge in [-0.3, -0.25) is 0 Å². The van der Waals surface area contributed by atoms with Crippen molar-refractivity contribution in [1.82, 2.24) is 0 Å². The van der Waals surface area contributed by atoms with Crippen molar-refractivity contribution in [1.29, 1.82) is 0 Å². The van der Waals surface area contributed by atoms with Crippen molar-refractivity contribution in [2.24, 2.45) is 35.5 Å². The molecule has 0 N–H and O–H groups in total. The third kappa shape index (κ3) is 0.522. The molecule has 0 aromatic rings. The normalized spacial score (nSPS) is 64.7. The first kappa shape index (κ1) is 6.23. The molecule has 5 aliphatic carbocycles. The topological polar surface area (TPSA) is 0 Å². The predicted octanol–water partition coefficient (Wildman–Crippen LogP) is 2.85. The fraction of sp³-hybridized carbons (Fsp3) is 0.833. The number of hydrogen-bond donors (Lipinski definition) is 0. The Morgan fingerprint density at radius 2 is 1.92 bits per heavy atom. The third-order valence-corrected chi connectivity index (χ3v) is 5.24. The Morgan fingerprint density at radius 1 is 0.917 bits per heavy atom. The lowest BCUT2D eigenvalue weighted by Gasteiger charge is -2.48. The highest BCUT2D eigenvalue weighted by Gasteiger charge is 2.58. The van der Waals surface area contributed by atoms with E-state index in [1.54, 1.807) is 19.3 Å². The maximum atomic E-state index is 2.54. The molecule has 6 atom stereocenters. The van der Waals surface area contributed by atoms with Crippen molar-refractivity contribution >= 4 is 0 Å². The second kappa shape index (κ2) is 1.81. The summed E-state index contributed by atoms with van der Waals surface area (Å²) in [7, 11) is 0. The lowest BCUT2D eigenvalue weighted by molar-refractivity contribution is 0.0398. The van der Waals surface area contributed by atoms with Gasteiger partial charge in [-0.15, -0.1) is 0 Å². The van der Waals surface area contributed by atoms with Crippen LogP contribution in [0, 0.1) is 35.5 Å². The van der Waals surface area contributed by atoms with Gasteiger partial charge in [-0.25, -0.2) is 0 Å². The Balaban J connectivity index is 1.88. The van der Waals surface area contributed by atoms with Gasteiger partial charge in [0.1, 0.15) is 0 Å². The molecule has 5 rings (SSSR count). The SMILES string of the molecule is C1=CC2CC3CC4CC3C(C1)C24. The minimum absolute atomic E-state index is 1.02. The summed E-state index contributed by atoms with van der Waals surface area (Å²) < 4.78 is 0. The van der Waals surface area contributed by atoms with Crippen LogP contribution in [0.1, 0.15) is 25.7 Å². The molecule has 6 unspecified atom stereocenters. The molecule has 12 heavy (non-hydrogen) atoms. The van der Waals surface area contributed by atoms with E-state index in [9.17, 15) is 0 Å². The van der Waals surface area contributed by atoms with Gasteiger partial charge in [0.05, 0.1) is 0 Å². The molecule has 0 aromatic heterocycles. The summed E-state index contributed by atoms with van der Waals surface area (Å²) >= 11 is 0. The van der Waals surface area contributed by atoms with Crippen LogP contribution in [-0.2, 0) is 0 Å². The molecule has 0 spiro atoms. The Kier molecular flexibility index (Phi) is 0.939. The van der Waals surface area contributed by atoms with E-state index in [1.807, 2.05) is 0 Å². The Morgan fingerprint density at radius 3 is 2.75 bits per heavy atom. The Labute approximate surface area is 74.0 Å². The van der Waals surface area contributed by atoms with Crippen molar-refractivity contribution < 1.29 is 0 Å². The highest BCUT2D eigenvalue weighted by Crippen LogP contribution is 2.66. The maximum absolute atomic E-state index is 2.54. The standard InChI is InChI=1S/C12H16/c1-2-7-4-8-5-9-6-11(8)10(3-1)12(7)9/h1-2,7-12H,3-6H2. The minimum atomic E-state index is 1.02. The quantitative estimate of drug-likeness (QED) is 0.478. The molecule has 0 aliphatic heterocycles.